The second kappa shape index (κ2) is 12.9. The Kier molecular flexibility index (Phi) is 8.85. The summed E-state index contributed by atoms with van der Waals surface area (Å²) in [4.78, 5) is 47.8. The van der Waals surface area contributed by atoms with Gasteiger partial charge in [-0.25, -0.2) is 4.98 Å². The first-order chi connectivity index (χ1) is 21.1. The number of benzene rings is 2. The van der Waals surface area contributed by atoms with E-state index in [4.69, 9.17) is 5.11 Å². The van der Waals surface area contributed by atoms with Crippen LogP contribution in [0.3, 0.4) is 0 Å². The van der Waals surface area contributed by atoms with Crippen molar-refractivity contribution in [1.82, 2.24) is 19.9 Å². The minimum Gasteiger partial charge on any atom is -0.505 e. The Morgan fingerprint density at radius 1 is 0.955 bits per heavy atom. The number of carbonyl (C=O) groups is 2. The molecule has 0 aliphatic heterocycles. The van der Waals surface area contributed by atoms with Crippen molar-refractivity contribution in [3.05, 3.63) is 113 Å². The summed E-state index contributed by atoms with van der Waals surface area (Å²) in [5.41, 5.74) is 2.19. The van der Waals surface area contributed by atoms with E-state index in [1.807, 2.05) is 60.7 Å². The van der Waals surface area contributed by atoms with Gasteiger partial charge in [-0.05, 0) is 62.4 Å². The van der Waals surface area contributed by atoms with Crippen molar-refractivity contribution in [3.8, 4) is 28.1 Å². The van der Waals surface area contributed by atoms with E-state index < -0.39 is 17.4 Å². The summed E-state index contributed by atoms with van der Waals surface area (Å²) < 4.78 is 1.62. The van der Waals surface area contributed by atoms with E-state index in [-0.39, 0.29) is 23.4 Å². The highest BCUT2D eigenvalue weighted by Gasteiger charge is 2.28. The molecule has 0 radical (unpaired) electrons. The van der Waals surface area contributed by atoms with Gasteiger partial charge in [0.05, 0.1) is 11.2 Å². The highest BCUT2D eigenvalue weighted by molar-refractivity contribution is 6.06. The van der Waals surface area contributed by atoms with Crippen molar-refractivity contribution in [2.45, 2.75) is 51.6 Å². The maximum atomic E-state index is 14.2. The van der Waals surface area contributed by atoms with E-state index >= 15 is 0 Å². The summed E-state index contributed by atoms with van der Waals surface area (Å²) in [6.45, 7) is 3.89. The molecule has 0 spiro atoms. The Bertz CT molecular complexity index is 1850. The third-order valence-corrected chi connectivity index (χ3v) is 7.56. The van der Waals surface area contributed by atoms with Crippen molar-refractivity contribution in [2.75, 3.05) is 0 Å². The molecule has 0 fully saturated rings. The van der Waals surface area contributed by atoms with Crippen LogP contribution >= 0.6 is 0 Å². The van der Waals surface area contributed by atoms with Gasteiger partial charge in [0.2, 0.25) is 0 Å². The van der Waals surface area contributed by atoms with Crippen LogP contribution in [0.2, 0.25) is 0 Å². The van der Waals surface area contributed by atoms with Crippen LogP contribution in [0.4, 0.5) is 0 Å². The van der Waals surface area contributed by atoms with E-state index in [0.717, 1.165) is 5.56 Å². The number of aliphatic carboxylic acids is 1. The van der Waals surface area contributed by atoms with Crippen LogP contribution in [0.1, 0.15) is 49.2 Å². The number of hydrogen-bond acceptors (Lipinski definition) is 6. The third-order valence-electron chi connectivity index (χ3n) is 7.56. The molecule has 2 aromatic carbocycles. The molecule has 0 bridgehead atoms. The van der Waals surface area contributed by atoms with E-state index in [2.05, 4.69) is 15.3 Å². The Morgan fingerprint density at radius 2 is 1.64 bits per heavy atom. The monoisotopic (exact) mass is 590 g/mol. The summed E-state index contributed by atoms with van der Waals surface area (Å²) in [5, 5.41) is 23.9. The fourth-order valence-corrected chi connectivity index (χ4v) is 5.34. The molecular formula is C35H34N4O5. The number of hydrogen-bond donors (Lipinski definition) is 3. The number of nitrogens with one attached hydrogen (secondary N) is 1. The summed E-state index contributed by atoms with van der Waals surface area (Å²) in [6, 6.07) is 24.2. The number of aryl methyl sites for hydroxylation is 2. The lowest BCUT2D eigenvalue weighted by atomic mass is 9.96. The van der Waals surface area contributed by atoms with Crippen LogP contribution < -0.4 is 10.9 Å². The standard InChI is InChI=1S/C35H34N4O5/c1-35(2,18-9-16-28(40)41)38-33(43)30-32(42)27-21-26(24-13-7-4-8-14-24)34(44)39(20-17-23-11-5-3-6-12-23)31(27)29(37-30)25-15-10-19-36-22-25/h3-8,10-15,19,21-22,42H,9,16-18,20H2,1-2H3,(H,38,43)(H,40,41). The average Bonchev–Trinajstić information content (AvgIpc) is 3.01. The molecule has 1 amide bonds. The molecule has 44 heavy (non-hydrogen) atoms. The molecule has 3 aromatic heterocycles. The minimum absolute atomic E-state index is 0.0211. The topological polar surface area (TPSA) is 134 Å². The van der Waals surface area contributed by atoms with Crippen molar-refractivity contribution >= 4 is 22.8 Å². The molecule has 5 rings (SSSR count). The molecule has 0 aliphatic rings. The van der Waals surface area contributed by atoms with Gasteiger partial charge in [0.25, 0.3) is 11.5 Å². The lowest BCUT2D eigenvalue weighted by Crippen LogP contribution is -2.43. The Morgan fingerprint density at radius 3 is 2.30 bits per heavy atom. The van der Waals surface area contributed by atoms with E-state index in [1.165, 1.54) is 0 Å². The summed E-state index contributed by atoms with van der Waals surface area (Å²) in [7, 11) is 0. The molecule has 9 nitrogen and oxygen atoms in total. The number of carboxylic acid groups (broad SMARTS) is 1. The third kappa shape index (κ3) is 6.67. The fraction of sp³-hybridized carbons (Fsp3) is 0.229. The number of amides is 1. The van der Waals surface area contributed by atoms with Gasteiger partial charge in [-0.1, -0.05) is 60.7 Å². The second-order valence-corrected chi connectivity index (χ2v) is 11.4. The number of carbonyl (C=O) groups excluding carboxylic acids is 1. The molecule has 9 heteroatoms. The molecule has 5 aromatic rings. The minimum atomic E-state index is -0.908. The van der Waals surface area contributed by atoms with E-state index in [9.17, 15) is 19.5 Å². The zero-order chi connectivity index (χ0) is 31.3. The number of carboxylic acids is 1. The molecule has 0 saturated heterocycles. The van der Waals surface area contributed by atoms with Crippen LogP contribution in [0, 0.1) is 0 Å². The van der Waals surface area contributed by atoms with Gasteiger partial charge in [0.1, 0.15) is 0 Å². The zero-order valence-corrected chi connectivity index (χ0v) is 24.7. The molecular weight excluding hydrogens is 556 g/mol. The predicted octanol–water partition coefficient (Wildman–Crippen LogP) is 5.84. The smallest absolute Gasteiger partial charge is 0.303 e. The molecule has 0 saturated carbocycles. The average molecular weight is 591 g/mol. The lowest BCUT2D eigenvalue weighted by molar-refractivity contribution is -0.137. The molecule has 224 valence electrons. The van der Waals surface area contributed by atoms with Gasteiger partial charge < -0.3 is 20.1 Å². The van der Waals surface area contributed by atoms with Crippen molar-refractivity contribution in [2.24, 2.45) is 0 Å². The summed E-state index contributed by atoms with van der Waals surface area (Å²) in [5.74, 6) is -1.87. The summed E-state index contributed by atoms with van der Waals surface area (Å²) in [6.07, 6.45) is 4.53. The van der Waals surface area contributed by atoms with Crippen molar-refractivity contribution < 1.29 is 19.8 Å². The van der Waals surface area contributed by atoms with Crippen LogP contribution in [0.5, 0.6) is 5.75 Å². The zero-order valence-electron chi connectivity index (χ0n) is 24.7. The maximum absolute atomic E-state index is 14.2. The van der Waals surface area contributed by atoms with Crippen LogP contribution in [0.15, 0.2) is 96.1 Å². The van der Waals surface area contributed by atoms with Gasteiger partial charge in [0, 0.05) is 47.4 Å². The SMILES string of the molecule is CC(C)(CCCC(=O)O)NC(=O)c1nc(-c2cccnc2)c2c(cc(-c3ccccc3)c(=O)n2CCc2ccccc2)c1O. The van der Waals surface area contributed by atoms with Crippen LogP contribution in [-0.4, -0.2) is 42.2 Å². The fourth-order valence-electron chi connectivity index (χ4n) is 5.34. The number of aromatic hydroxyl groups is 1. The number of rotatable bonds is 11. The Labute approximate surface area is 254 Å². The van der Waals surface area contributed by atoms with Gasteiger partial charge in [-0.3, -0.25) is 19.4 Å². The number of fused-ring (bicyclic) bond motifs is 1. The molecule has 3 heterocycles. The first-order valence-corrected chi connectivity index (χ1v) is 14.5. The number of pyridine rings is 3. The van der Waals surface area contributed by atoms with Crippen molar-refractivity contribution in [3.63, 3.8) is 0 Å². The largest absolute Gasteiger partial charge is 0.505 e. The highest BCUT2D eigenvalue weighted by Crippen LogP contribution is 2.36. The first-order valence-electron chi connectivity index (χ1n) is 14.5. The van der Waals surface area contributed by atoms with Gasteiger partial charge in [-0.15, -0.1) is 0 Å². The van der Waals surface area contributed by atoms with E-state index in [0.29, 0.717) is 59.1 Å². The van der Waals surface area contributed by atoms with E-state index in [1.54, 1.807) is 49.0 Å². The lowest BCUT2D eigenvalue weighted by Gasteiger charge is -2.26. The Hall–Kier alpha value is -5.31. The predicted molar refractivity (Wildman–Crippen MR) is 170 cm³/mol. The van der Waals surface area contributed by atoms with Gasteiger partial charge in [0.15, 0.2) is 11.4 Å². The molecule has 0 atom stereocenters. The first kappa shape index (κ1) is 30.2. The number of aromatic nitrogens is 3. The van der Waals surface area contributed by atoms with Gasteiger partial charge >= 0.3 is 5.97 Å². The van der Waals surface area contributed by atoms with Crippen LogP contribution in [0.25, 0.3) is 33.3 Å². The quantitative estimate of drug-likeness (QED) is 0.176. The molecule has 0 aliphatic carbocycles. The van der Waals surface area contributed by atoms with Gasteiger partial charge in [-0.2, -0.15) is 0 Å². The van der Waals surface area contributed by atoms with Crippen LogP contribution in [-0.2, 0) is 17.8 Å². The Balaban J connectivity index is 1.72. The highest BCUT2D eigenvalue weighted by atomic mass is 16.4. The number of nitrogens with zero attached hydrogens (tertiary/aromatic N) is 3. The maximum Gasteiger partial charge on any atom is 0.303 e. The normalized spacial score (nSPS) is 11.4. The van der Waals surface area contributed by atoms with Crippen molar-refractivity contribution in [1.29, 1.82) is 0 Å². The summed E-state index contributed by atoms with van der Waals surface area (Å²) >= 11 is 0. The molecule has 3 N–H and O–H groups in total. The molecule has 0 unspecified atom stereocenters. The second-order valence-electron chi connectivity index (χ2n) is 11.4.